The quantitative estimate of drug-likeness (QED) is 0.633. The molecule has 0 spiro atoms. The van der Waals surface area contributed by atoms with Crippen molar-refractivity contribution in [3.8, 4) is 5.75 Å². The molecule has 0 saturated carbocycles. The van der Waals surface area contributed by atoms with Gasteiger partial charge in [0, 0.05) is 23.2 Å². The van der Waals surface area contributed by atoms with Gasteiger partial charge in [0.15, 0.2) is 6.61 Å². The summed E-state index contributed by atoms with van der Waals surface area (Å²) in [5.74, 6) is 0.246. The van der Waals surface area contributed by atoms with E-state index in [1.54, 1.807) is 12.1 Å². The summed E-state index contributed by atoms with van der Waals surface area (Å²) in [4.78, 5) is 23.9. The Labute approximate surface area is 158 Å². The van der Waals surface area contributed by atoms with Gasteiger partial charge in [-0.2, -0.15) is 0 Å². The van der Waals surface area contributed by atoms with Gasteiger partial charge >= 0.3 is 5.63 Å². The molecule has 27 heavy (non-hydrogen) atoms. The number of amides is 1. The summed E-state index contributed by atoms with van der Waals surface area (Å²) in [6, 6.07) is 14.5. The Morgan fingerprint density at radius 2 is 1.89 bits per heavy atom. The maximum absolute atomic E-state index is 12.2. The first kappa shape index (κ1) is 18.7. The predicted octanol–water partition coefficient (Wildman–Crippen LogP) is 4.33. The number of ether oxygens (including phenoxy) is 1. The number of aryl methyl sites for hydroxylation is 2. The van der Waals surface area contributed by atoms with Crippen LogP contribution in [0.4, 0.5) is 5.69 Å². The molecule has 5 heteroatoms. The van der Waals surface area contributed by atoms with Gasteiger partial charge in [0.2, 0.25) is 0 Å². The zero-order valence-corrected chi connectivity index (χ0v) is 15.6. The second kappa shape index (κ2) is 8.54. The van der Waals surface area contributed by atoms with Crippen LogP contribution in [0.25, 0.3) is 11.0 Å². The van der Waals surface area contributed by atoms with Crippen LogP contribution in [0.2, 0.25) is 0 Å². The SMILES string of the molecule is CCCc1cc(=O)oc2cc(OCC(=O)Nc3ccccc3CC)ccc12. The number of para-hydroxylation sites is 1. The Kier molecular flexibility index (Phi) is 5.91. The number of hydrogen-bond donors (Lipinski definition) is 1. The molecule has 1 heterocycles. The van der Waals surface area contributed by atoms with E-state index in [1.165, 1.54) is 6.07 Å². The van der Waals surface area contributed by atoms with Crippen LogP contribution in [-0.2, 0) is 17.6 Å². The van der Waals surface area contributed by atoms with Crippen molar-refractivity contribution < 1.29 is 13.9 Å². The third kappa shape index (κ3) is 4.56. The van der Waals surface area contributed by atoms with Gasteiger partial charge in [-0.3, -0.25) is 4.79 Å². The molecule has 0 fully saturated rings. The Morgan fingerprint density at radius 1 is 1.07 bits per heavy atom. The Bertz CT molecular complexity index is 1010. The van der Waals surface area contributed by atoms with E-state index in [9.17, 15) is 9.59 Å². The van der Waals surface area contributed by atoms with Gasteiger partial charge in [0.05, 0.1) is 0 Å². The molecular formula is C22H23NO4. The minimum atomic E-state index is -0.378. The fraction of sp³-hybridized carbons (Fsp3) is 0.273. The number of nitrogens with one attached hydrogen (secondary N) is 1. The van der Waals surface area contributed by atoms with E-state index in [-0.39, 0.29) is 18.1 Å². The van der Waals surface area contributed by atoms with Crippen LogP contribution >= 0.6 is 0 Å². The van der Waals surface area contributed by atoms with E-state index >= 15 is 0 Å². The highest BCUT2D eigenvalue weighted by atomic mass is 16.5. The lowest BCUT2D eigenvalue weighted by molar-refractivity contribution is -0.118. The minimum absolute atomic E-state index is 0.123. The fourth-order valence-corrected chi connectivity index (χ4v) is 3.06. The Hall–Kier alpha value is -3.08. The summed E-state index contributed by atoms with van der Waals surface area (Å²) in [7, 11) is 0. The van der Waals surface area contributed by atoms with Crippen LogP contribution in [0.5, 0.6) is 5.75 Å². The van der Waals surface area contributed by atoms with E-state index in [0.29, 0.717) is 11.3 Å². The molecule has 2 aromatic carbocycles. The summed E-state index contributed by atoms with van der Waals surface area (Å²) in [5, 5.41) is 3.76. The molecule has 0 atom stereocenters. The van der Waals surface area contributed by atoms with E-state index < -0.39 is 0 Å². The van der Waals surface area contributed by atoms with Crippen LogP contribution in [0.1, 0.15) is 31.4 Å². The molecule has 0 aliphatic carbocycles. The normalized spacial score (nSPS) is 10.7. The molecule has 1 amide bonds. The van der Waals surface area contributed by atoms with Crippen molar-refractivity contribution in [3.05, 3.63) is 70.1 Å². The first-order valence-electron chi connectivity index (χ1n) is 9.18. The molecular weight excluding hydrogens is 342 g/mol. The maximum atomic E-state index is 12.2. The predicted molar refractivity (Wildman–Crippen MR) is 106 cm³/mol. The highest BCUT2D eigenvalue weighted by molar-refractivity contribution is 5.92. The number of anilines is 1. The molecule has 1 aromatic heterocycles. The van der Waals surface area contributed by atoms with Crippen molar-refractivity contribution >= 4 is 22.6 Å². The van der Waals surface area contributed by atoms with Crippen LogP contribution < -0.4 is 15.7 Å². The van der Waals surface area contributed by atoms with Crippen LogP contribution in [-0.4, -0.2) is 12.5 Å². The van der Waals surface area contributed by atoms with Crippen molar-refractivity contribution in [2.45, 2.75) is 33.1 Å². The summed E-state index contributed by atoms with van der Waals surface area (Å²) in [5.41, 5.74) is 2.92. The van der Waals surface area contributed by atoms with Gasteiger partial charge in [0.1, 0.15) is 11.3 Å². The van der Waals surface area contributed by atoms with Crippen molar-refractivity contribution in [1.29, 1.82) is 0 Å². The summed E-state index contributed by atoms with van der Waals surface area (Å²) in [6.45, 7) is 3.98. The van der Waals surface area contributed by atoms with Crippen molar-refractivity contribution in [2.24, 2.45) is 0 Å². The van der Waals surface area contributed by atoms with Gasteiger partial charge in [-0.25, -0.2) is 4.79 Å². The van der Waals surface area contributed by atoms with Crippen LogP contribution in [0.3, 0.4) is 0 Å². The van der Waals surface area contributed by atoms with Crippen molar-refractivity contribution in [3.63, 3.8) is 0 Å². The molecule has 0 radical (unpaired) electrons. The first-order valence-corrected chi connectivity index (χ1v) is 9.18. The average Bonchev–Trinajstić information content (AvgIpc) is 2.66. The molecule has 0 aliphatic heterocycles. The van der Waals surface area contributed by atoms with Gasteiger partial charge in [-0.05, 0) is 42.2 Å². The highest BCUT2D eigenvalue weighted by Gasteiger charge is 2.09. The number of fused-ring (bicyclic) bond motifs is 1. The fourth-order valence-electron chi connectivity index (χ4n) is 3.06. The van der Waals surface area contributed by atoms with Gasteiger partial charge in [0.25, 0.3) is 5.91 Å². The standard InChI is InChI=1S/C22H23NO4/c1-3-7-16-12-22(25)27-20-13-17(10-11-18(16)20)26-14-21(24)23-19-9-6-5-8-15(19)4-2/h5-6,8-13H,3-4,7,14H2,1-2H3,(H,23,24). The van der Waals surface area contributed by atoms with Crippen LogP contribution in [0.15, 0.2) is 57.7 Å². The minimum Gasteiger partial charge on any atom is -0.484 e. The lowest BCUT2D eigenvalue weighted by atomic mass is 10.1. The third-order valence-corrected chi connectivity index (χ3v) is 4.36. The number of benzene rings is 2. The van der Waals surface area contributed by atoms with Crippen molar-refractivity contribution in [2.75, 3.05) is 11.9 Å². The number of hydrogen-bond acceptors (Lipinski definition) is 4. The zero-order chi connectivity index (χ0) is 19.2. The molecule has 0 bridgehead atoms. The third-order valence-electron chi connectivity index (χ3n) is 4.36. The highest BCUT2D eigenvalue weighted by Crippen LogP contribution is 2.23. The molecule has 3 aromatic rings. The molecule has 3 rings (SSSR count). The lowest BCUT2D eigenvalue weighted by Gasteiger charge is -2.11. The Morgan fingerprint density at radius 3 is 2.67 bits per heavy atom. The van der Waals surface area contributed by atoms with Gasteiger partial charge < -0.3 is 14.5 Å². The van der Waals surface area contributed by atoms with E-state index in [1.807, 2.05) is 37.3 Å². The second-order valence-corrected chi connectivity index (χ2v) is 6.35. The number of rotatable bonds is 7. The van der Waals surface area contributed by atoms with Gasteiger partial charge in [-0.15, -0.1) is 0 Å². The van der Waals surface area contributed by atoms with E-state index in [2.05, 4.69) is 12.2 Å². The molecule has 0 aliphatic rings. The molecule has 0 saturated heterocycles. The molecule has 5 nitrogen and oxygen atoms in total. The van der Waals surface area contributed by atoms with E-state index in [4.69, 9.17) is 9.15 Å². The number of carbonyl (C=O) groups is 1. The second-order valence-electron chi connectivity index (χ2n) is 6.35. The lowest BCUT2D eigenvalue weighted by Crippen LogP contribution is -2.20. The summed E-state index contributed by atoms with van der Waals surface area (Å²) < 4.78 is 10.9. The monoisotopic (exact) mass is 365 g/mol. The Balaban J connectivity index is 1.71. The number of carbonyl (C=O) groups excluding carboxylic acids is 1. The first-order chi connectivity index (χ1) is 13.1. The van der Waals surface area contributed by atoms with Crippen LogP contribution in [0, 0.1) is 0 Å². The zero-order valence-electron chi connectivity index (χ0n) is 15.6. The summed E-state index contributed by atoms with van der Waals surface area (Å²) >= 11 is 0. The smallest absolute Gasteiger partial charge is 0.336 e. The topological polar surface area (TPSA) is 68.5 Å². The van der Waals surface area contributed by atoms with E-state index in [0.717, 1.165) is 41.5 Å². The van der Waals surface area contributed by atoms with Crippen molar-refractivity contribution in [1.82, 2.24) is 0 Å². The molecule has 0 unspecified atom stereocenters. The molecule has 1 N–H and O–H groups in total. The van der Waals surface area contributed by atoms with Gasteiger partial charge in [-0.1, -0.05) is 38.5 Å². The largest absolute Gasteiger partial charge is 0.484 e. The average molecular weight is 365 g/mol. The maximum Gasteiger partial charge on any atom is 0.336 e. The summed E-state index contributed by atoms with van der Waals surface area (Å²) in [6.07, 6.45) is 2.58. The molecule has 140 valence electrons.